The predicted octanol–water partition coefficient (Wildman–Crippen LogP) is 1.78. The molecule has 1 atom stereocenters. The zero-order valence-electron chi connectivity index (χ0n) is 14.2. The number of nitrogens with one attached hydrogen (secondary N) is 1. The zero-order chi connectivity index (χ0) is 18.3. The third-order valence-electron chi connectivity index (χ3n) is 4.76. The molecule has 0 fully saturated rings. The third-order valence-corrected chi connectivity index (χ3v) is 4.76. The minimum absolute atomic E-state index is 0.103. The van der Waals surface area contributed by atoms with E-state index in [1.807, 2.05) is 12.1 Å². The largest absolute Gasteiger partial charge is 0.508 e. The molecule has 1 aromatic heterocycles. The molecule has 26 heavy (non-hydrogen) atoms. The molecule has 3 heterocycles. The maximum atomic E-state index is 13.1. The number of rotatable bonds is 3. The average molecular weight is 350 g/mol. The number of phenolic OH excluding ortho intramolecular Hbond substituents is 1. The van der Waals surface area contributed by atoms with Crippen LogP contribution in [-0.2, 0) is 11.3 Å². The molecular formula is C19H18N4O3. The molecule has 3 amide bonds. The molecule has 4 rings (SSSR count). The zero-order valence-corrected chi connectivity index (χ0v) is 14.2. The Morgan fingerprint density at radius 3 is 2.69 bits per heavy atom. The van der Waals surface area contributed by atoms with Gasteiger partial charge in [-0.15, -0.1) is 0 Å². The molecule has 2 aromatic rings. The first kappa shape index (κ1) is 16.1. The lowest BCUT2D eigenvalue weighted by Gasteiger charge is -2.31. The summed E-state index contributed by atoms with van der Waals surface area (Å²) >= 11 is 0. The fourth-order valence-electron chi connectivity index (χ4n) is 3.38. The van der Waals surface area contributed by atoms with Gasteiger partial charge in [-0.1, -0.05) is 18.2 Å². The van der Waals surface area contributed by atoms with Gasteiger partial charge in [0, 0.05) is 26.0 Å². The maximum absolute atomic E-state index is 13.1. The van der Waals surface area contributed by atoms with E-state index >= 15 is 0 Å². The van der Waals surface area contributed by atoms with Crippen molar-refractivity contribution in [2.75, 3.05) is 13.6 Å². The molecule has 2 aliphatic heterocycles. The van der Waals surface area contributed by atoms with E-state index in [0.29, 0.717) is 24.4 Å². The Labute approximate surface area is 150 Å². The molecule has 0 saturated carbocycles. The second-order valence-electron chi connectivity index (χ2n) is 6.42. The predicted molar refractivity (Wildman–Crippen MR) is 93.8 cm³/mol. The van der Waals surface area contributed by atoms with Crippen LogP contribution in [0.1, 0.15) is 17.2 Å². The van der Waals surface area contributed by atoms with Crippen molar-refractivity contribution in [1.29, 1.82) is 0 Å². The van der Waals surface area contributed by atoms with Gasteiger partial charge in [0.25, 0.3) is 5.91 Å². The van der Waals surface area contributed by atoms with Crippen molar-refractivity contribution in [3.63, 3.8) is 0 Å². The van der Waals surface area contributed by atoms with Gasteiger partial charge in [0.1, 0.15) is 5.75 Å². The van der Waals surface area contributed by atoms with E-state index in [-0.39, 0.29) is 17.7 Å². The van der Waals surface area contributed by atoms with Gasteiger partial charge in [-0.05, 0) is 29.3 Å². The molecule has 0 unspecified atom stereocenters. The first-order chi connectivity index (χ1) is 12.5. The summed E-state index contributed by atoms with van der Waals surface area (Å²) in [4.78, 5) is 32.7. The lowest BCUT2D eigenvalue weighted by Crippen LogP contribution is -2.45. The first-order valence-corrected chi connectivity index (χ1v) is 8.29. The Kier molecular flexibility index (Phi) is 3.84. The van der Waals surface area contributed by atoms with Crippen molar-refractivity contribution in [1.82, 2.24) is 20.1 Å². The Bertz CT molecular complexity index is 893. The fourth-order valence-corrected chi connectivity index (χ4v) is 3.38. The number of benzene rings is 1. The number of aromatic hydroxyl groups is 1. The van der Waals surface area contributed by atoms with Gasteiger partial charge >= 0.3 is 6.03 Å². The van der Waals surface area contributed by atoms with Gasteiger partial charge in [0.05, 0.1) is 23.9 Å². The monoisotopic (exact) mass is 350 g/mol. The van der Waals surface area contributed by atoms with Crippen molar-refractivity contribution >= 4 is 11.9 Å². The highest BCUT2D eigenvalue weighted by molar-refractivity contribution is 6.01. The van der Waals surface area contributed by atoms with Crippen LogP contribution in [-0.4, -0.2) is 45.4 Å². The second-order valence-corrected chi connectivity index (χ2v) is 6.42. The number of carbonyl (C=O) groups excluding carboxylic acids is 2. The van der Waals surface area contributed by atoms with Crippen LogP contribution in [0, 0.1) is 0 Å². The van der Waals surface area contributed by atoms with E-state index in [1.165, 1.54) is 4.90 Å². The topological polar surface area (TPSA) is 85.8 Å². The van der Waals surface area contributed by atoms with Crippen molar-refractivity contribution in [2.45, 2.75) is 12.6 Å². The van der Waals surface area contributed by atoms with Gasteiger partial charge in [-0.2, -0.15) is 0 Å². The number of amides is 3. The van der Waals surface area contributed by atoms with Crippen LogP contribution < -0.4 is 5.32 Å². The van der Waals surface area contributed by atoms with Crippen LogP contribution in [0.3, 0.4) is 0 Å². The number of nitrogens with zero attached hydrogens (tertiary/aromatic N) is 3. The van der Waals surface area contributed by atoms with Crippen molar-refractivity contribution < 1.29 is 14.7 Å². The van der Waals surface area contributed by atoms with Gasteiger partial charge in [-0.3, -0.25) is 14.7 Å². The first-order valence-electron chi connectivity index (χ1n) is 8.29. The van der Waals surface area contributed by atoms with E-state index in [0.717, 1.165) is 11.1 Å². The minimum Gasteiger partial charge on any atom is -0.508 e. The Hall–Kier alpha value is -3.35. The van der Waals surface area contributed by atoms with Crippen molar-refractivity contribution in [3.8, 4) is 5.75 Å². The van der Waals surface area contributed by atoms with Gasteiger partial charge < -0.3 is 15.3 Å². The van der Waals surface area contributed by atoms with E-state index in [2.05, 4.69) is 10.3 Å². The van der Waals surface area contributed by atoms with Crippen LogP contribution in [0.4, 0.5) is 4.79 Å². The highest BCUT2D eigenvalue weighted by Gasteiger charge is 2.42. The molecule has 0 bridgehead atoms. The molecule has 0 radical (unpaired) electrons. The molecule has 1 aromatic carbocycles. The normalized spacial score (nSPS) is 19.7. The second kappa shape index (κ2) is 6.18. The Morgan fingerprint density at radius 2 is 2.00 bits per heavy atom. The molecule has 7 heteroatoms. The van der Waals surface area contributed by atoms with Crippen molar-refractivity contribution in [3.05, 3.63) is 71.2 Å². The SMILES string of the molecule is CN1C(=O)N[C@@H](c2ccc(O)cc2)C2=C1CN(Cc1cccnc1)C2=O. The number of likely N-dealkylation sites (N-methyl/N-ethyl adjacent to an activating group) is 1. The Morgan fingerprint density at radius 1 is 1.23 bits per heavy atom. The molecule has 132 valence electrons. The van der Waals surface area contributed by atoms with Gasteiger partial charge in [0.15, 0.2) is 0 Å². The molecule has 0 spiro atoms. The smallest absolute Gasteiger partial charge is 0.322 e. The molecule has 7 nitrogen and oxygen atoms in total. The molecule has 0 saturated heterocycles. The lowest BCUT2D eigenvalue weighted by atomic mass is 9.95. The van der Waals surface area contributed by atoms with E-state index < -0.39 is 6.04 Å². The van der Waals surface area contributed by atoms with E-state index in [4.69, 9.17) is 0 Å². The number of hydrogen-bond donors (Lipinski definition) is 2. The number of urea groups is 1. The van der Waals surface area contributed by atoms with Gasteiger partial charge in [-0.25, -0.2) is 4.79 Å². The number of pyridine rings is 1. The summed E-state index contributed by atoms with van der Waals surface area (Å²) in [5, 5.41) is 12.4. The summed E-state index contributed by atoms with van der Waals surface area (Å²) in [7, 11) is 1.67. The summed E-state index contributed by atoms with van der Waals surface area (Å²) in [6.07, 6.45) is 3.42. The lowest BCUT2D eigenvalue weighted by molar-refractivity contribution is -0.126. The summed E-state index contributed by atoms with van der Waals surface area (Å²) < 4.78 is 0. The number of carbonyl (C=O) groups is 2. The summed E-state index contributed by atoms with van der Waals surface area (Å²) in [5.41, 5.74) is 2.97. The van der Waals surface area contributed by atoms with Crippen LogP contribution in [0.2, 0.25) is 0 Å². The van der Waals surface area contributed by atoms with Crippen LogP contribution in [0.5, 0.6) is 5.75 Å². The molecular weight excluding hydrogens is 332 g/mol. The maximum Gasteiger partial charge on any atom is 0.322 e. The molecule has 2 N–H and O–H groups in total. The Balaban J connectivity index is 1.67. The third kappa shape index (κ3) is 2.67. The molecule has 2 aliphatic rings. The fraction of sp³-hybridized carbons (Fsp3) is 0.211. The summed E-state index contributed by atoms with van der Waals surface area (Å²) in [5.74, 6) is 0.0342. The van der Waals surface area contributed by atoms with Gasteiger partial charge in [0.2, 0.25) is 0 Å². The highest BCUT2D eigenvalue weighted by atomic mass is 16.3. The van der Waals surface area contributed by atoms with Crippen LogP contribution >= 0.6 is 0 Å². The minimum atomic E-state index is -0.527. The van der Waals surface area contributed by atoms with Crippen molar-refractivity contribution in [2.24, 2.45) is 0 Å². The number of hydrogen-bond acceptors (Lipinski definition) is 4. The van der Waals surface area contributed by atoms with E-state index in [1.54, 1.807) is 48.6 Å². The quantitative estimate of drug-likeness (QED) is 0.884. The molecule has 0 aliphatic carbocycles. The van der Waals surface area contributed by atoms with Crippen LogP contribution in [0.25, 0.3) is 0 Å². The highest BCUT2D eigenvalue weighted by Crippen LogP contribution is 2.36. The summed E-state index contributed by atoms with van der Waals surface area (Å²) in [6, 6.07) is 9.50. The van der Waals surface area contributed by atoms with E-state index in [9.17, 15) is 14.7 Å². The summed E-state index contributed by atoms with van der Waals surface area (Å²) in [6.45, 7) is 0.811. The number of aromatic nitrogens is 1. The standard InChI is InChI=1S/C19H18N4O3/c1-22-15-11-23(10-12-3-2-8-20-9-12)18(25)16(15)17(21-19(22)26)13-4-6-14(24)7-5-13/h2-9,17,24H,10-11H2,1H3,(H,21,26)/t17-/m0/s1. The number of phenols is 1. The van der Waals surface area contributed by atoms with Crippen LogP contribution in [0.15, 0.2) is 60.1 Å². The average Bonchev–Trinajstić information content (AvgIpc) is 2.97.